The number of nitrogens with zero attached hydrogens (tertiary/aromatic N) is 4. The molecule has 0 radical (unpaired) electrons. The van der Waals surface area contributed by atoms with E-state index < -0.39 is 34.8 Å². The summed E-state index contributed by atoms with van der Waals surface area (Å²) in [5.41, 5.74) is -0.0994. The fraction of sp³-hybridized carbons (Fsp3) is 0.161. The van der Waals surface area contributed by atoms with Crippen molar-refractivity contribution < 1.29 is 36.9 Å². The number of rotatable bonds is 10. The minimum Gasteiger partial charge on any atom is -0.478 e. The van der Waals surface area contributed by atoms with Crippen molar-refractivity contribution in [2.24, 2.45) is 0 Å². The van der Waals surface area contributed by atoms with Gasteiger partial charge in [0.1, 0.15) is 24.1 Å². The van der Waals surface area contributed by atoms with Crippen LogP contribution in [0.5, 0.6) is 5.88 Å². The fourth-order valence-electron chi connectivity index (χ4n) is 4.57. The van der Waals surface area contributed by atoms with Gasteiger partial charge in [0, 0.05) is 37.3 Å². The molecule has 0 spiro atoms. The normalized spacial score (nSPS) is 11.1. The van der Waals surface area contributed by atoms with Crippen molar-refractivity contribution in [2.45, 2.75) is 19.6 Å². The Bertz CT molecular complexity index is 1900. The Hall–Kier alpha value is -5.28. The van der Waals surface area contributed by atoms with Gasteiger partial charge >= 0.3 is 5.97 Å². The number of aromatic carboxylic acids is 1. The van der Waals surface area contributed by atoms with Crippen molar-refractivity contribution in [1.29, 1.82) is 5.26 Å². The van der Waals surface area contributed by atoms with E-state index in [0.29, 0.717) is 11.0 Å². The second-order valence-corrected chi connectivity index (χ2v) is 9.45. The van der Waals surface area contributed by atoms with Gasteiger partial charge in [-0.15, -0.1) is 0 Å². The predicted octanol–water partition coefficient (Wildman–Crippen LogP) is 6.04. The van der Waals surface area contributed by atoms with E-state index in [4.69, 9.17) is 14.7 Å². The Morgan fingerprint density at radius 3 is 2.51 bits per heavy atom. The van der Waals surface area contributed by atoms with E-state index in [1.54, 1.807) is 4.57 Å². The maximum Gasteiger partial charge on any atom is 0.335 e. The number of carboxylic acid groups (broad SMARTS) is 1. The van der Waals surface area contributed by atoms with Crippen LogP contribution in [0.25, 0.3) is 22.3 Å². The van der Waals surface area contributed by atoms with E-state index in [1.807, 2.05) is 6.07 Å². The van der Waals surface area contributed by atoms with Gasteiger partial charge in [0.25, 0.3) is 0 Å². The number of hydrogen-bond donors (Lipinski definition) is 1. The number of carboxylic acids is 1. The number of halogens is 4. The van der Waals surface area contributed by atoms with Crippen molar-refractivity contribution in [1.82, 2.24) is 14.5 Å². The molecule has 2 heterocycles. The maximum atomic E-state index is 15.4. The summed E-state index contributed by atoms with van der Waals surface area (Å²) >= 11 is 0. The highest BCUT2D eigenvalue weighted by molar-refractivity contribution is 5.92. The van der Waals surface area contributed by atoms with Gasteiger partial charge in [-0.05, 0) is 42.5 Å². The van der Waals surface area contributed by atoms with Crippen molar-refractivity contribution >= 4 is 17.0 Å². The van der Waals surface area contributed by atoms with Crippen molar-refractivity contribution in [3.63, 3.8) is 0 Å². The third kappa shape index (κ3) is 6.02. The van der Waals surface area contributed by atoms with Crippen LogP contribution in [0.3, 0.4) is 0 Å². The van der Waals surface area contributed by atoms with E-state index in [1.165, 1.54) is 55.6 Å². The Morgan fingerprint density at radius 2 is 1.79 bits per heavy atom. The summed E-state index contributed by atoms with van der Waals surface area (Å²) in [5, 5.41) is 18.3. The summed E-state index contributed by atoms with van der Waals surface area (Å²) in [4.78, 5) is 20.0. The quantitative estimate of drug-likeness (QED) is 0.156. The zero-order valence-corrected chi connectivity index (χ0v) is 22.6. The van der Waals surface area contributed by atoms with Crippen LogP contribution in [0, 0.1) is 34.6 Å². The van der Waals surface area contributed by atoms with Gasteiger partial charge in [-0.2, -0.15) is 5.26 Å². The van der Waals surface area contributed by atoms with Crippen LogP contribution in [0.1, 0.15) is 32.9 Å². The molecule has 0 atom stereocenters. The van der Waals surface area contributed by atoms with Gasteiger partial charge in [0.2, 0.25) is 5.88 Å². The number of ether oxygens (including phenoxy) is 2. The summed E-state index contributed by atoms with van der Waals surface area (Å²) in [7, 11) is 1.48. The van der Waals surface area contributed by atoms with Gasteiger partial charge in [-0.3, -0.25) is 0 Å². The molecule has 12 heteroatoms. The summed E-state index contributed by atoms with van der Waals surface area (Å²) in [6.45, 7) is 0.186. The molecular weight excluding hydrogens is 568 g/mol. The topological polar surface area (TPSA) is 110 Å². The van der Waals surface area contributed by atoms with Crippen molar-refractivity contribution in [3.05, 3.63) is 112 Å². The third-order valence-electron chi connectivity index (χ3n) is 6.71. The average molecular weight is 591 g/mol. The Balaban J connectivity index is 1.44. The average Bonchev–Trinajstić information content (AvgIpc) is 3.34. The lowest BCUT2D eigenvalue weighted by atomic mass is 10.0. The molecule has 0 aliphatic rings. The first-order valence-corrected chi connectivity index (χ1v) is 12.9. The van der Waals surface area contributed by atoms with Crippen molar-refractivity contribution in [2.75, 3.05) is 13.7 Å². The molecule has 0 saturated carbocycles. The maximum absolute atomic E-state index is 15.4. The van der Waals surface area contributed by atoms with E-state index in [2.05, 4.69) is 9.97 Å². The number of nitriles is 1. The van der Waals surface area contributed by atoms with E-state index in [-0.39, 0.29) is 65.8 Å². The van der Waals surface area contributed by atoms with Crippen LogP contribution in [-0.4, -0.2) is 39.3 Å². The molecule has 43 heavy (non-hydrogen) atoms. The molecule has 0 aliphatic carbocycles. The monoisotopic (exact) mass is 590 g/mol. The molecule has 5 aromatic rings. The molecule has 0 unspecified atom stereocenters. The molecule has 8 nitrogen and oxygen atoms in total. The molecule has 0 saturated heterocycles. The van der Waals surface area contributed by atoms with Crippen LogP contribution >= 0.6 is 0 Å². The van der Waals surface area contributed by atoms with E-state index in [0.717, 1.165) is 12.1 Å². The predicted molar refractivity (Wildman–Crippen MR) is 146 cm³/mol. The van der Waals surface area contributed by atoms with Crippen LogP contribution in [0.15, 0.2) is 60.7 Å². The lowest BCUT2D eigenvalue weighted by molar-refractivity contribution is 0.0697. The van der Waals surface area contributed by atoms with Crippen molar-refractivity contribution in [3.8, 4) is 23.2 Å². The van der Waals surface area contributed by atoms with E-state index >= 15 is 13.2 Å². The number of pyridine rings is 1. The minimum absolute atomic E-state index is 0.0194. The summed E-state index contributed by atoms with van der Waals surface area (Å²) in [6, 6.07) is 14.9. The first-order valence-electron chi connectivity index (χ1n) is 12.9. The van der Waals surface area contributed by atoms with Gasteiger partial charge < -0.3 is 19.1 Å². The van der Waals surface area contributed by atoms with Crippen LogP contribution in [0.2, 0.25) is 0 Å². The van der Waals surface area contributed by atoms with Gasteiger partial charge in [-0.1, -0.05) is 12.1 Å². The van der Waals surface area contributed by atoms with Gasteiger partial charge in [0.15, 0.2) is 11.6 Å². The second kappa shape index (κ2) is 12.3. The molecule has 0 fully saturated rings. The fourth-order valence-corrected chi connectivity index (χ4v) is 4.57. The number of carbonyl (C=O) groups is 1. The molecule has 1 N–H and O–H groups in total. The molecule has 0 amide bonds. The van der Waals surface area contributed by atoms with Crippen LogP contribution < -0.4 is 4.74 Å². The summed E-state index contributed by atoms with van der Waals surface area (Å²) in [6.07, 6.45) is -0.298. The number of imidazole rings is 1. The molecule has 3 aromatic carbocycles. The van der Waals surface area contributed by atoms with E-state index in [9.17, 15) is 14.3 Å². The first kappa shape index (κ1) is 29.2. The summed E-state index contributed by atoms with van der Waals surface area (Å²) < 4.78 is 72.6. The minimum atomic E-state index is -1.47. The lowest BCUT2D eigenvalue weighted by Crippen LogP contribution is -2.11. The Morgan fingerprint density at radius 1 is 0.977 bits per heavy atom. The van der Waals surface area contributed by atoms with Crippen LogP contribution in [-0.2, 0) is 24.3 Å². The Labute approximate surface area is 242 Å². The van der Waals surface area contributed by atoms with Gasteiger partial charge in [-0.25, -0.2) is 32.3 Å². The highest BCUT2D eigenvalue weighted by atomic mass is 19.2. The zero-order valence-electron chi connectivity index (χ0n) is 22.6. The molecular formula is C31H22F4N4O4. The van der Waals surface area contributed by atoms with Gasteiger partial charge in [0.05, 0.1) is 46.1 Å². The summed E-state index contributed by atoms with van der Waals surface area (Å²) in [5.74, 6) is -5.49. The first-order chi connectivity index (χ1) is 20.7. The molecule has 0 bridgehead atoms. The molecule has 218 valence electrons. The smallest absolute Gasteiger partial charge is 0.335 e. The van der Waals surface area contributed by atoms with Crippen LogP contribution in [0.4, 0.5) is 17.6 Å². The number of benzene rings is 3. The highest BCUT2D eigenvalue weighted by Crippen LogP contribution is 2.31. The SMILES string of the molecule is COCCn1c(Cc2cc(F)c(-c3cccc(OCc4ccc(C#N)cc4F)n3)c(F)c2F)nc2ccc(C(=O)O)cc21. The zero-order chi connectivity index (χ0) is 30.7. The number of hydrogen-bond acceptors (Lipinski definition) is 6. The third-order valence-corrected chi connectivity index (χ3v) is 6.71. The largest absolute Gasteiger partial charge is 0.478 e. The lowest BCUT2D eigenvalue weighted by Gasteiger charge is -2.13. The molecule has 0 aliphatic heterocycles. The highest BCUT2D eigenvalue weighted by Gasteiger charge is 2.23. The number of fused-ring (bicyclic) bond motifs is 1. The second-order valence-electron chi connectivity index (χ2n) is 9.45. The number of aromatic nitrogens is 3. The standard InChI is InChI=1S/C31H22F4N4O4/c1-42-10-9-39-25-13-18(31(40)41)7-8-23(25)37-26(39)14-20-12-22(33)28(30(35)29(20)34)24-3-2-4-27(38-24)43-16-19-6-5-17(15-36)11-21(19)32/h2-8,11-13H,9-10,14,16H2,1H3,(H,40,41). The molecule has 2 aromatic heterocycles. The Kier molecular flexibility index (Phi) is 8.36. The molecule has 5 rings (SSSR count). The number of methoxy groups -OCH3 is 1.